The quantitative estimate of drug-likeness (QED) is 0.125. The van der Waals surface area contributed by atoms with Gasteiger partial charge in [0, 0.05) is 10.5 Å². The van der Waals surface area contributed by atoms with Crippen LogP contribution in [0.15, 0.2) is 72.4 Å². The summed E-state index contributed by atoms with van der Waals surface area (Å²) in [5.74, 6) is 1.18. The van der Waals surface area contributed by atoms with E-state index in [2.05, 4.69) is 20.9 Å². The highest BCUT2D eigenvalue weighted by molar-refractivity contribution is 9.10. The van der Waals surface area contributed by atoms with Crippen LogP contribution in [-0.2, 0) is 9.53 Å². The fourth-order valence-corrected chi connectivity index (χ4v) is 6.54. The summed E-state index contributed by atoms with van der Waals surface area (Å²) in [6.45, 7) is 5.78. The van der Waals surface area contributed by atoms with Crippen LogP contribution < -0.4 is 29.1 Å². The molecule has 3 heterocycles. The van der Waals surface area contributed by atoms with Crippen LogP contribution in [0.3, 0.4) is 0 Å². The standard InChI is InChI=1S/C31H28BrN3O9S/c1-6-42-25-15-21(32)20(14-24(25)41-5)28-27(30(37)43-7-2)16(3)33-31-34(28)29(36)26(45-31)13-18-9-11-23(44-18)19-10-8-17(40-4)12-22(19)35(38)39/h8-15,28H,6-7H2,1-5H3/b26-13+/t28-/m0/s1. The Morgan fingerprint density at radius 1 is 1.13 bits per heavy atom. The molecule has 1 aliphatic rings. The number of benzene rings is 2. The van der Waals surface area contributed by atoms with Gasteiger partial charge in [-0.15, -0.1) is 0 Å². The number of ether oxygens (including phenoxy) is 4. The molecule has 234 valence electrons. The van der Waals surface area contributed by atoms with E-state index >= 15 is 0 Å². The molecule has 45 heavy (non-hydrogen) atoms. The first-order valence-corrected chi connectivity index (χ1v) is 15.3. The summed E-state index contributed by atoms with van der Waals surface area (Å²) in [5, 5.41) is 11.7. The second kappa shape index (κ2) is 13.1. The lowest BCUT2D eigenvalue weighted by atomic mass is 9.95. The number of nitro groups is 1. The zero-order valence-corrected chi connectivity index (χ0v) is 27.3. The van der Waals surface area contributed by atoms with Crippen molar-refractivity contribution in [2.45, 2.75) is 26.8 Å². The topological polar surface area (TPSA) is 145 Å². The zero-order chi connectivity index (χ0) is 32.4. The van der Waals surface area contributed by atoms with E-state index in [0.29, 0.717) is 50.2 Å². The van der Waals surface area contributed by atoms with Gasteiger partial charge in [0.2, 0.25) is 0 Å². The Balaban J connectivity index is 1.67. The van der Waals surface area contributed by atoms with E-state index in [9.17, 15) is 19.7 Å². The van der Waals surface area contributed by atoms with Gasteiger partial charge in [0.25, 0.3) is 11.2 Å². The van der Waals surface area contributed by atoms with Gasteiger partial charge in [0.05, 0.1) is 65.8 Å². The number of hydrogen-bond acceptors (Lipinski definition) is 11. The summed E-state index contributed by atoms with van der Waals surface area (Å²) in [4.78, 5) is 43.5. The Hall–Kier alpha value is -4.69. The number of carbonyl (C=O) groups is 1. The molecule has 0 spiro atoms. The number of carbonyl (C=O) groups excluding carboxylic acids is 1. The van der Waals surface area contributed by atoms with Crippen LogP contribution in [0.5, 0.6) is 17.2 Å². The van der Waals surface area contributed by atoms with Crippen LogP contribution >= 0.6 is 27.3 Å². The molecule has 0 amide bonds. The number of fused-ring (bicyclic) bond motifs is 1. The number of hydrogen-bond donors (Lipinski definition) is 0. The Labute approximate surface area is 269 Å². The van der Waals surface area contributed by atoms with Crippen molar-refractivity contribution in [3.63, 3.8) is 0 Å². The molecule has 12 nitrogen and oxygen atoms in total. The number of allylic oxidation sites excluding steroid dienone is 1. The molecule has 0 fully saturated rings. The van der Waals surface area contributed by atoms with E-state index in [-0.39, 0.29) is 33.7 Å². The van der Waals surface area contributed by atoms with Crippen LogP contribution in [-0.4, -0.2) is 42.9 Å². The predicted octanol–water partition coefficient (Wildman–Crippen LogP) is 5.14. The van der Waals surface area contributed by atoms with Gasteiger partial charge < -0.3 is 23.4 Å². The Morgan fingerprint density at radius 2 is 1.91 bits per heavy atom. The average Bonchev–Trinajstić information content (AvgIpc) is 3.60. The highest BCUT2D eigenvalue weighted by Gasteiger charge is 2.35. The van der Waals surface area contributed by atoms with Crippen LogP contribution in [0.4, 0.5) is 5.69 Å². The third kappa shape index (κ3) is 6.02. The third-order valence-electron chi connectivity index (χ3n) is 6.96. The smallest absolute Gasteiger partial charge is 0.338 e. The summed E-state index contributed by atoms with van der Waals surface area (Å²) in [7, 11) is 2.93. The second-order valence-electron chi connectivity index (χ2n) is 9.60. The number of esters is 1. The molecule has 1 atom stereocenters. The average molecular weight is 699 g/mol. The predicted molar refractivity (Wildman–Crippen MR) is 170 cm³/mol. The highest BCUT2D eigenvalue weighted by Crippen LogP contribution is 2.41. The largest absolute Gasteiger partial charge is 0.497 e. The normalized spacial score (nSPS) is 14.5. The molecule has 0 aliphatic carbocycles. The van der Waals surface area contributed by atoms with E-state index in [4.69, 9.17) is 23.4 Å². The summed E-state index contributed by atoms with van der Waals surface area (Å²) in [5.41, 5.74) is 0.811. The number of furan rings is 1. The van der Waals surface area contributed by atoms with Gasteiger partial charge in [-0.2, -0.15) is 0 Å². The second-order valence-corrected chi connectivity index (χ2v) is 11.5. The Bertz CT molecular complexity index is 2030. The maximum atomic E-state index is 14.1. The third-order valence-corrected chi connectivity index (χ3v) is 8.63. The van der Waals surface area contributed by atoms with Crippen molar-refractivity contribution in [2.24, 2.45) is 4.99 Å². The van der Waals surface area contributed by atoms with Gasteiger partial charge >= 0.3 is 5.97 Å². The molecule has 0 saturated carbocycles. The van der Waals surface area contributed by atoms with Gasteiger partial charge in [-0.1, -0.05) is 27.3 Å². The molecule has 0 unspecified atom stereocenters. The van der Waals surface area contributed by atoms with Crippen molar-refractivity contribution in [1.29, 1.82) is 0 Å². The first-order valence-electron chi connectivity index (χ1n) is 13.7. The molecule has 0 N–H and O–H groups in total. The first kappa shape index (κ1) is 31.7. The summed E-state index contributed by atoms with van der Waals surface area (Å²) in [6.07, 6.45) is 1.54. The molecule has 2 aromatic heterocycles. The van der Waals surface area contributed by atoms with E-state index < -0.39 is 22.5 Å². The molecule has 5 rings (SSSR count). The molecular formula is C31H28BrN3O9S. The number of nitrogens with zero attached hydrogens (tertiary/aromatic N) is 3. The maximum Gasteiger partial charge on any atom is 0.338 e. The molecule has 4 aromatic rings. The summed E-state index contributed by atoms with van der Waals surface area (Å²) in [6, 6.07) is 10.2. The molecule has 2 aromatic carbocycles. The molecule has 14 heteroatoms. The summed E-state index contributed by atoms with van der Waals surface area (Å²) >= 11 is 4.72. The van der Waals surface area contributed by atoms with Gasteiger partial charge in [-0.05, 0) is 62.7 Å². The van der Waals surface area contributed by atoms with Crippen molar-refractivity contribution >= 4 is 45.0 Å². The number of methoxy groups -OCH3 is 2. The first-order chi connectivity index (χ1) is 21.6. The van der Waals surface area contributed by atoms with Gasteiger partial charge in [-0.3, -0.25) is 19.5 Å². The van der Waals surface area contributed by atoms with Crippen molar-refractivity contribution in [2.75, 3.05) is 27.4 Å². The number of thiazole rings is 1. The van der Waals surface area contributed by atoms with Crippen molar-refractivity contribution < 1.29 is 33.1 Å². The van der Waals surface area contributed by atoms with Gasteiger partial charge in [0.1, 0.15) is 17.3 Å². The molecule has 0 saturated heterocycles. The van der Waals surface area contributed by atoms with Crippen LogP contribution in [0.1, 0.15) is 38.1 Å². The molecule has 1 aliphatic heterocycles. The number of halogens is 1. The van der Waals surface area contributed by atoms with E-state index in [1.54, 1.807) is 44.2 Å². The van der Waals surface area contributed by atoms with E-state index in [1.807, 2.05) is 6.92 Å². The number of rotatable bonds is 10. The molecular weight excluding hydrogens is 670 g/mol. The number of nitro benzene ring substituents is 1. The fraction of sp³-hybridized carbons (Fsp3) is 0.258. The molecule has 0 radical (unpaired) electrons. The van der Waals surface area contributed by atoms with Gasteiger partial charge in [0.15, 0.2) is 16.3 Å². The van der Waals surface area contributed by atoms with Gasteiger partial charge in [-0.25, -0.2) is 9.79 Å². The minimum Gasteiger partial charge on any atom is -0.497 e. The van der Waals surface area contributed by atoms with Crippen molar-refractivity contribution in [3.05, 3.63) is 99.3 Å². The number of aromatic nitrogens is 1. The SMILES string of the molecule is CCOC(=O)C1=C(C)N=c2s/c(=C/c3ccc(-c4ccc(OC)cc4[N+](=O)[O-])o3)c(=O)n2[C@H]1c1cc(OC)c(OCC)cc1Br. The lowest BCUT2D eigenvalue weighted by Gasteiger charge is -2.26. The van der Waals surface area contributed by atoms with Crippen LogP contribution in [0, 0.1) is 10.1 Å². The molecule has 0 bridgehead atoms. The van der Waals surface area contributed by atoms with E-state index in [0.717, 1.165) is 11.3 Å². The lowest BCUT2D eigenvalue weighted by molar-refractivity contribution is -0.384. The van der Waals surface area contributed by atoms with Crippen molar-refractivity contribution in [3.8, 4) is 28.6 Å². The van der Waals surface area contributed by atoms with Crippen LogP contribution in [0.2, 0.25) is 0 Å². The minimum atomic E-state index is -0.907. The summed E-state index contributed by atoms with van der Waals surface area (Å²) < 4.78 is 30.0. The Kier molecular flexibility index (Phi) is 9.25. The lowest BCUT2D eigenvalue weighted by Crippen LogP contribution is -2.40. The Morgan fingerprint density at radius 3 is 2.58 bits per heavy atom. The highest BCUT2D eigenvalue weighted by atomic mass is 79.9. The minimum absolute atomic E-state index is 0.133. The monoisotopic (exact) mass is 697 g/mol. The van der Waals surface area contributed by atoms with E-state index in [1.165, 1.54) is 37.0 Å². The zero-order valence-electron chi connectivity index (χ0n) is 24.9. The maximum absolute atomic E-state index is 14.1. The fourth-order valence-electron chi connectivity index (χ4n) is 4.98. The van der Waals surface area contributed by atoms with Crippen molar-refractivity contribution in [1.82, 2.24) is 4.57 Å². The van der Waals surface area contributed by atoms with Crippen LogP contribution in [0.25, 0.3) is 17.4 Å².